The van der Waals surface area contributed by atoms with Crippen LogP contribution < -0.4 is 5.32 Å². The van der Waals surface area contributed by atoms with E-state index < -0.39 is 18.1 Å². The number of nitrogens with one attached hydrogen (secondary N) is 1. The van der Waals surface area contributed by atoms with E-state index in [1.54, 1.807) is 0 Å². The Labute approximate surface area is 154 Å². The Morgan fingerprint density at radius 2 is 1.96 bits per heavy atom. The van der Waals surface area contributed by atoms with Crippen LogP contribution in [0.2, 0.25) is 0 Å². The van der Waals surface area contributed by atoms with Crippen LogP contribution >= 0.6 is 0 Å². The second kappa shape index (κ2) is 8.54. The zero-order chi connectivity index (χ0) is 18.5. The summed E-state index contributed by atoms with van der Waals surface area (Å²) in [4.78, 5) is 24.9. The van der Waals surface area contributed by atoms with Gasteiger partial charge in [0.1, 0.15) is 6.04 Å². The van der Waals surface area contributed by atoms with Crippen LogP contribution in [0.4, 0.5) is 4.79 Å². The number of carbonyl (C=O) groups is 2. The molecule has 0 spiro atoms. The first-order chi connectivity index (χ1) is 12.6. The van der Waals surface area contributed by atoms with Gasteiger partial charge in [-0.1, -0.05) is 30.3 Å². The maximum atomic E-state index is 11.9. The number of likely N-dealkylation sites (tertiary alicyclic amines) is 1. The number of carboxylic acids is 1. The molecule has 2 aliphatic rings. The van der Waals surface area contributed by atoms with E-state index in [9.17, 15) is 14.7 Å². The minimum absolute atomic E-state index is 0.370. The van der Waals surface area contributed by atoms with Crippen LogP contribution in [-0.4, -0.2) is 48.3 Å². The van der Waals surface area contributed by atoms with Gasteiger partial charge in [0, 0.05) is 13.1 Å². The standard InChI is InChI=1S/C20H28N2O4/c1-26-20(25)22-13-16-8-7-15(9-17(16)10-18(22)19(23)24)12-21-11-14-5-3-2-4-6-14/h2-6,15-18,21H,7-13H2,1H3,(H,23,24)/t15?,16-,17?,18?/m0/s1. The minimum Gasteiger partial charge on any atom is -0.480 e. The number of aliphatic carboxylic acids is 1. The van der Waals surface area contributed by atoms with Crippen molar-refractivity contribution in [3.8, 4) is 0 Å². The molecule has 142 valence electrons. The van der Waals surface area contributed by atoms with Crippen LogP contribution in [0.1, 0.15) is 31.2 Å². The van der Waals surface area contributed by atoms with Crippen molar-refractivity contribution >= 4 is 12.1 Å². The smallest absolute Gasteiger partial charge is 0.410 e. The summed E-state index contributed by atoms with van der Waals surface area (Å²) in [6, 6.07) is 9.57. The maximum absolute atomic E-state index is 11.9. The molecule has 26 heavy (non-hydrogen) atoms. The first-order valence-electron chi connectivity index (χ1n) is 9.40. The van der Waals surface area contributed by atoms with Crippen LogP contribution in [-0.2, 0) is 16.1 Å². The SMILES string of the molecule is COC(=O)N1C[C@@H]2CCC(CNCc3ccccc3)CC2CC1C(=O)O. The lowest BCUT2D eigenvalue weighted by atomic mass is 9.69. The molecular formula is C20H28N2O4. The molecule has 3 unspecified atom stereocenters. The molecule has 0 bridgehead atoms. The molecule has 4 atom stereocenters. The van der Waals surface area contributed by atoms with Crippen molar-refractivity contribution in [3.05, 3.63) is 35.9 Å². The second-order valence-electron chi connectivity index (χ2n) is 7.53. The molecule has 0 radical (unpaired) electrons. The number of carbonyl (C=O) groups excluding carboxylic acids is 1. The van der Waals surface area contributed by atoms with Gasteiger partial charge in [0.2, 0.25) is 0 Å². The Hall–Kier alpha value is -2.08. The molecule has 1 aliphatic heterocycles. The summed E-state index contributed by atoms with van der Waals surface area (Å²) < 4.78 is 4.78. The minimum atomic E-state index is -0.932. The quantitative estimate of drug-likeness (QED) is 0.844. The van der Waals surface area contributed by atoms with E-state index in [4.69, 9.17) is 4.74 Å². The van der Waals surface area contributed by atoms with E-state index in [-0.39, 0.29) is 0 Å². The van der Waals surface area contributed by atoms with Crippen molar-refractivity contribution < 1.29 is 19.4 Å². The molecule has 1 saturated heterocycles. The number of rotatable bonds is 5. The van der Waals surface area contributed by atoms with Gasteiger partial charge in [-0.05, 0) is 55.5 Å². The number of amides is 1. The lowest BCUT2D eigenvalue weighted by molar-refractivity contribution is -0.146. The van der Waals surface area contributed by atoms with E-state index in [0.29, 0.717) is 30.7 Å². The number of piperidine rings is 1. The number of fused-ring (bicyclic) bond motifs is 1. The average Bonchev–Trinajstić information content (AvgIpc) is 2.67. The third kappa shape index (κ3) is 4.36. The largest absolute Gasteiger partial charge is 0.480 e. The molecule has 1 saturated carbocycles. The molecule has 6 nitrogen and oxygen atoms in total. The maximum Gasteiger partial charge on any atom is 0.410 e. The van der Waals surface area contributed by atoms with Crippen LogP contribution in [0.5, 0.6) is 0 Å². The highest BCUT2D eigenvalue weighted by Gasteiger charge is 2.43. The number of ether oxygens (including phenoxy) is 1. The fraction of sp³-hybridized carbons (Fsp3) is 0.600. The number of methoxy groups -OCH3 is 1. The molecule has 3 rings (SSSR count). The summed E-state index contributed by atoms with van der Waals surface area (Å²) in [6.07, 6.45) is 3.20. The van der Waals surface area contributed by atoms with Crippen LogP contribution in [0.15, 0.2) is 30.3 Å². The highest BCUT2D eigenvalue weighted by Crippen LogP contribution is 2.41. The highest BCUT2D eigenvalue weighted by molar-refractivity contribution is 5.80. The second-order valence-corrected chi connectivity index (χ2v) is 7.53. The molecule has 1 heterocycles. The van der Waals surface area contributed by atoms with Gasteiger partial charge in [-0.3, -0.25) is 4.90 Å². The van der Waals surface area contributed by atoms with Gasteiger partial charge in [0.05, 0.1) is 7.11 Å². The topological polar surface area (TPSA) is 78.9 Å². The van der Waals surface area contributed by atoms with E-state index in [0.717, 1.165) is 32.4 Å². The summed E-state index contributed by atoms with van der Waals surface area (Å²) in [6.45, 7) is 2.31. The number of benzene rings is 1. The van der Waals surface area contributed by atoms with Gasteiger partial charge in [-0.15, -0.1) is 0 Å². The van der Waals surface area contributed by atoms with E-state index in [1.807, 2.05) is 18.2 Å². The van der Waals surface area contributed by atoms with Gasteiger partial charge in [0.15, 0.2) is 0 Å². The van der Waals surface area contributed by atoms with Crippen molar-refractivity contribution in [1.29, 1.82) is 0 Å². The predicted molar refractivity (Wildman–Crippen MR) is 97.6 cm³/mol. The molecule has 1 aromatic rings. The van der Waals surface area contributed by atoms with E-state index >= 15 is 0 Å². The van der Waals surface area contributed by atoms with Crippen molar-refractivity contribution in [1.82, 2.24) is 10.2 Å². The van der Waals surface area contributed by atoms with Crippen LogP contribution in [0.25, 0.3) is 0 Å². The zero-order valence-corrected chi connectivity index (χ0v) is 15.3. The van der Waals surface area contributed by atoms with Crippen molar-refractivity contribution in [2.75, 3.05) is 20.2 Å². The Morgan fingerprint density at radius 1 is 1.19 bits per heavy atom. The number of carboxylic acid groups (broad SMARTS) is 1. The highest BCUT2D eigenvalue weighted by atomic mass is 16.5. The average molecular weight is 360 g/mol. The van der Waals surface area contributed by atoms with Gasteiger partial charge in [0.25, 0.3) is 0 Å². The zero-order valence-electron chi connectivity index (χ0n) is 15.3. The number of hydrogen-bond donors (Lipinski definition) is 2. The summed E-state index contributed by atoms with van der Waals surface area (Å²) in [7, 11) is 1.31. The Kier molecular flexibility index (Phi) is 6.14. The van der Waals surface area contributed by atoms with E-state index in [2.05, 4.69) is 17.4 Å². The van der Waals surface area contributed by atoms with E-state index in [1.165, 1.54) is 17.6 Å². The lowest BCUT2D eigenvalue weighted by Gasteiger charge is -2.45. The Balaban J connectivity index is 1.53. The molecule has 6 heteroatoms. The summed E-state index contributed by atoms with van der Waals surface area (Å²) in [5, 5.41) is 13.1. The summed E-state index contributed by atoms with van der Waals surface area (Å²) in [5.74, 6) is 0.390. The van der Waals surface area contributed by atoms with Gasteiger partial charge in [-0.25, -0.2) is 9.59 Å². The van der Waals surface area contributed by atoms with Gasteiger partial charge >= 0.3 is 12.1 Å². The number of hydrogen-bond acceptors (Lipinski definition) is 4. The third-order valence-corrected chi connectivity index (χ3v) is 5.88. The molecular weight excluding hydrogens is 332 g/mol. The van der Waals surface area contributed by atoms with Crippen LogP contribution in [0.3, 0.4) is 0 Å². The number of nitrogens with zero attached hydrogens (tertiary/aromatic N) is 1. The van der Waals surface area contributed by atoms with Gasteiger partial charge in [-0.2, -0.15) is 0 Å². The molecule has 2 fully saturated rings. The summed E-state index contributed by atoms with van der Waals surface area (Å²) in [5.41, 5.74) is 1.28. The Bertz CT molecular complexity index is 621. The first kappa shape index (κ1) is 18.7. The van der Waals surface area contributed by atoms with Crippen molar-refractivity contribution in [2.45, 2.75) is 38.3 Å². The molecule has 1 aliphatic carbocycles. The van der Waals surface area contributed by atoms with Crippen molar-refractivity contribution in [2.24, 2.45) is 17.8 Å². The fourth-order valence-corrected chi connectivity index (χ4v) is 4.50. The fourth-order valence-electron chi connectivity index (χ4n) is 4.50. The lowest BCUT2D eigenvalue weighted by Crippen LogP contribution is -2.54. The van der Waals surface area contributed by atoms with Gasteiger partial charge < -0.3 is 15.2 Å². The first-order valence-corrected chi connectivity index (χ1v) is 9.40. The molecule has 1 aromatic carbocycles. The predicted octanol–water partition coefficient (Wildman–Crippen LogP) is 2.73. The Morgan fingerprint density at radius 3 is 2.65 bits per heavy atom. The molecule has 2 N–H and O–H groups in total. The normalized spacial score (nSPS) is 28.3. The summed E-state index contributed by atoms with van der Waals surface area (Å²) >= 11 is 0. The third-order valence-electron chi connectivity index (χ3n) is 5.88. The molecule has 0 aromatic heterocycles. The van der Waals surface area contributed by atoms with Crippen LogP contribution in [0, 0.1) is 17.8 Å². The van der Waals surface area contributed by atoms with Crippen molar-refractivity contribution in [3.63, 3.8) is 0 Å². The monoisotopic (exact) mass is 360 g/mol. The molecule has 1 amide bonds.